The standard InChI is InChI=1S/C18H20N2O/c1-19(2)16-12-13-20(17-11-7-6-10-15(16)17)18(21)14-8-4-3-5-9-14/h3-11,16H,12-13H2,1-2H3. The van der Waals surface area contributed by atoms with Gasteiger partial charge < -0.3 is 9.80 Å². The Labute approximate surface area is 125 Å². The van der Waals surface area contributed by atoms with Crippen LogP contribution in [0.3, 0.4) is 0 Å². The van der Waals surface area contributed by atoms with Gasteiger partial charge in [-0.15, -0.1) is 0 Å². The molecule has 1 amide bonds. The fourth-order valence-corrected chi connectivity index (χ4v) is 3.03. The highest BCUT2D eigenvalue weighted by atomic mass is 16.2. The number of fused-ring (bicyclic) bond motifs is 1. The van der Waals surface area contributed by atoms with Gasteiger partial charge in [0.2, 0.25) is 0 Å². The normalized spacial score (nSPS) is 17.7. The molecule has 0 saturated heterocycles. The highest BCUT2D eigenvalue weighted by Crippen LogP contribution is 2.36. The fourth-order valence-electron chi connectivity index (χ4n) is 3.03. The number of para-hydroxylation sites is 1. The first-order valence-corrected chi connectivity index (χ1v) is 7.31. The number of carbonyl (C=O) groups is 1. The molecule has 1 unspecified atom stereocenters. The van der Waals surface area contributed by atoms with Crippen molar-refractivity contribution in [3.05, 3.63) is 65.7 Å². The molecular formula is C18H20N2O. The van der Waals surface area contributed by atoms with Gasteiger partial charge in [-0.05, 0) is 44.3 Å². The van der Waals surface area contributed by atoms with E-state index in [4.69, 9.17) is 0 Å². The summed E-state index contributed by atoms with van der Waals surface area (Å²) < 4.78 is 0. The minimum Gasteiger partial charge on any atom is -0.308 e. The third-order valence-electron chi connectivity index (χ3n) is 4.10. The van der Waals surface area contributed by atoms with Crippen molar-refractivity contribution in [2.75, 3.05) is 25.5 Å². The predicted octanol–water partition coefficient (Wildman–Crippen LogP) is 3.34. The second-order valence-corrected chi connectivity index (χ2v) is 5.65. The summed E-state index contributed by atoms with van der Waals surface area (Å²) in [6.07, 6.45) is 0.961. The zero-order valence-corrected chi connectivity index (χ0v) is 12.5. The minimum atomic E-state index is 0.0836. The fraction of sp³-hybridized carbons (Fsp3) is 0.278. The molecular weight excluding hydrogens is 260 g/mol. The predicted molar refractivity (Wildman–Crippen MR) is 85.6 cm³/mol. The van der Waals surface area contributed by atoms with Crippen molar-refractivity contribution in [1.82, 2.24) is 4.90 Å². The van der Waals surface area contributed by atoms with Gasteiger partial charge in [0.05, 0.1) is 0 Å². The van der Waals surface area contributed by atoms with Crippen molar-refractivity contribution >= 4 is 11.6 Å². The topological polar surface area (TPSA) is 23.6 Å². The van der Waals surface area contributed by atoms with Crippen LogP contribution in [0.5, 0.6) is 0 Å². The largest absolute Gasteiger partial charge is 0.308 e. The van der Waals surface area contributed by atoms with Crippen LogP contribution in [-0.4, -0.2) is 31.4 Å². The molecule has 1 aliphatic rings. The lowest BCUT2D eigenvalue weighted by atomic mass is 9.95. The first kappa shape index (κ1) is 13.8. The Bertz CT molecular complexity index is 637. The van der Waals surface area contributed by atoms with E-state index in [1.807, 2.05) is 53.4 Å². The summed E-state index contributed by atoms with van der Waals surface area (Å²) in [5.74, 6) is 0.0836. The molecule has 0 spiro atoms. The zero-order chi connectivity index (χ0) is 14.8. The molecule has 108 valence electrons. The summed E-state index contributed by atoms with van der Waals surface area (Å²) in [6.45, 7) is 0.758. The van der Waals surface area contributed by atoms with E-state index in [-0.39, 0.29) is 5.91 Å². The van der Waals surface area contributed by atoms with Crippen molar-refractivity contribution in [1.29, 1.82) is 0 Å². The van der Waals surface area contributed by atoms with Crippen LogP contribution in [0, 0.1) is 0 Å². The molecule has 3 heteroatoms. The molecule has 2 aromatic rings. The quantitative estimate of drug-likeness (QED) is 0.842. The molecule has 0 N–H and O–H groups in total. The lowest BCUT2D eigenvalue weighted by molar-refractivity contribution is 0.0980. The molecule has 0 bridgehead atoms. The number of benzene rings is 2. The number of hydrogen-bond donors (Lipinski definition) is 0. The molecule has 3 nitrogen and oxygen atoms in total. The second-order valence-electron chi connectivity index (χ2n) is 5.65. The van der Waals surface area contributed by atoms with E-state index in [9.17, 15) is 4.79 Å². The average Bonchev–Trinajstić information content (AvgIpc) is 2.54. The number of hydrogen-bond acceptors (Lipinski definition) is 2. The maximum Gasteiger partial charge on any atom is 0.258 e. The van der Waals surface area contributed by atoms with Crippen LogP contribution in [0.2, 0.25) is 0 Å². The van der Waals surface area contributed by atoms with E-state index in [1.54, 1.807) is 0 Å². The highest BCUT2D eigenvalue weighted by molar-refractivity contribution is 6.06. The maximum atomic E-state index is 12.8. The van der Waals surface area contributed by atoms with Gasteiger partial charge in [-0.1, -0.05) is 36.4 Å². The van der Waals surface area contributed by atoms with Crippen LogP contribution >= 0.6 is 0 Å². The van der Waals surface area contributed by atoms with Crippen LogP contribution in [0.15, 0.2) is 54.6 Å². The number of rotatable bonds is 2. The monoisotopic (exact) mass is 280 g/mol. The molecule has 0 saturated carbocycles. The zero-order valence-electron chi connectivity index (χ0n) is 12.5. The van der Waals surface area contributed by atoms with E-state index in [0.29, 0.717) is 6.04 Å². The molecule has 21 heavy (non-hydrogen) atoms. The van der Waals surface area contributed by atoms with E-state index >= 15 is 0 Å². The molecule has 0 fully saturated rings. The van der Waals surface area contributed by atoms with Crippen LogP contribution < -0.4 is 4.90 Å². The molecule has 0 aromatic heterocycles. The van der Waals surface area contributed by atoms with Gasteiger partial charge in [-0.2, -0.15) is 0 Å². The van der Waals surface area contributed by atoms with Crippen LogP contribution in [0.1, 0.15) is 28.4 Å². The molecule has 3 rings (SSSR count). The van der Waals surface area contributed by atoms with Gasteiger partial charge in [0.15, 0.2) is 0 Å². The third-order valence-corrected chi connectivity index (χ3v) is 4.10. The second kappa shape index (κ2) is 5.70. The van der Waals surface area contributed by atoms with Gasteiger partial charge in [-0.3, -0.25) is 4.79 Å². The Kier molecular flexibility index (Phi) is 3.76. The average molecular weight is 280 g/mol. The number of amides is 1. The van der Waals surface area contributed by atoms with E-state index in [0.717, 1.165) is 24.2 Å². The number of carbonyl (C=O) groups excluding carboxylic acids is 1. The molecule has 0 radical (unpaired) electrons. The lowest BCUT2D eigenvalue weighted by Gasteiger charge is -2.37. The maximum absolute atomic E-state index is 12.8. The van der Waals surface area contributed by atoms with Gasteiger partial charge in [0.1, 0.15) is 0 Å². The van der Waals surface area contributed by atoms with Crippen LogP contribution in [0.25, 0.3) is 0 Å². The number of anilines is 1. The molecule has 1 atom stereocenters. The van der Waals surface area contributed by atoms with E-state index in [1.165, 1.54) is 5.56 Å². The minimum absolute atomic E-state index is 0.0836. The van der Waals surface area contributed by atoms with Crippen molar-refractivity contribution in [2.45, 2.75) is 12.5 Å². The summed E-state index contributed by atoms with van der Waals surface area (Å²) >= 11 is 0. The Morgan fingerprint density at radius 1 is 1.05 bits per heavy atom. The van der Waals surface area contributed by atoms with E-state index < -0.39 is 0 Å². The van der Waals surface area contributed by atoms with Crippen molar-refractivity contribution in [2.24, 2.45) is 0 Å². The first-order valence-electron chi connectivity index (χ1n) is 7.31. The van der Waals surface area contributed by atoms with Gasteiger partial charge >= 0.3 is 0 Å². The summed E-state index contributed by atoms with van der Waals surface area (Å²) in [5.41, 5.74) is 3.02. The SMILES string of the molecule is CN(C)C1CCN(C(=O)c2ccccc2)c2ccccc21. The summed E-state index contributed by atoms with van der Waals surface area (Å²) in [5, 5.41) is 0. The van der Waals surface area contributed by atoms with Crippen molar-refractivity contribution in [3.63, 3.8) is 0 Å². The molecule has 2 aromatic carbocycles. The summed E-state index contributed by atoms with van der Waals surface area (Å²) in [6, 6.07) is 18.1. The molecule has 1 aliphatic heterocycles. The van der Waals surface area contributed by atoms with Gasteiger partial charge in [0, 0.05) is 23.8 Å². The summed E-state index contributed by atoms with van der Waals surface area (Å²) in [4.78, 5) is 16.9. The van der Waals surface area contributed by atoms with Gasteiger partial charge in [0.25, 0.3) is 5.91 Å². The highest BCUT2D eigenvalue weighted by Gasteiger charge is 2.29. The lowest BCUT2D eigenvalue weighted by Crippen LogP contribution is -2.39. The first-order chi connectivity index (χ1) is 10.2. The van der Waals surface area contributed by atoms with E-state index in [2.05, 4.69) is 25.1 Å². The summed E-state index contributed by atoms with van der Waals surface area (Å²) in [7, 11) is 4.19. The Hall–Kier alpha value is -2.13. The Morgan fingerprint density at radius 3 is 2.43 bits per heavy atom. The smallest absolute Gasteiger partial charge is 0.258 e. The van der Waals surface area contributed by atoms with Crippen molar-refractivity contribution < 1.29 is 4.79 Å². The molecule has 1 heterocycles. The van der Waals surface area contributed by atoms with Gasteiger partial charge in [-0.25, -0.2) is 0 Å². The van der Waals surface area contributed by atoms with Crippen LogP contribution in [-0.2, 0) is 0 Å². The van der Waals surface area contributed by atoms with Crippen LogP contribution in [0.4, 0.5) is 5.69 Å². The Morgan fingerprint density at radius 2 is 1.71 bits per heavy atom. The molecule has 0 aliphatic carbocycles. The Balaban J connectivity index is 1.98. The van der Waals surface area contributed by atoms with Crippen molar-refractivity contribution in [3.8, 4) is 0 Å². The number of nitrogens with zero attached hydrogens (tertiary/aromatic N) is 2. The third kappa shape index (κ3) is 2.57.